The minimum atomic E-state index is -0.531. The largest absolute Gasteiger partial charge is 0.484 e. The number of furan rings is 1. The predicted molar refractivity (Wildman–Crippen MR) is 130 cm³/mol. The maximum Gasteiger partial charge on any atom is 0.291 e. The lowest BCUT2D eigenvalue weighted by Gasteiger charge is -2.07. The summed E-state index contributed by atoms with van der Waals surface area (Å²) in [4.78, 5) is 25.5. The molecule has 0 bridgehead atoms. The zero-order valence-electron chi connectivity index (χ0n) is 18.0. The van der Waals surface area contributed by atoms with Crippen LogP contribution in [0.5, 0.6) is 5.75 Å². The van der Waals surface area contributed by atoms with E-state index in [9.17, 15) is 9.59 Å². The summed E-state index contributed by atoms with van der Waals surface area (Å²) >= 11 is 12.1. The lowest BCUT2D eigenvalue weighted by atomic mass is 10.3. The van der Waals surface area contributed by atoms with Gasteiger partial charge in [0.1, 0.15) is 23.1 Å². The van der Waals surface area contributed by atoms with Crippen molar-refractivity contribution < 1.29 is 18.7 Å². The summed E-state index contributed by atoms with van der Waals surface area (Å²) in [5.41, 5.74) is 0.969. The molecule has 0 atom stereocenters. The Morgan fingerprint density at radius 2 is 1.79 bits per heavy atom. The molecule has 0 aliphatic rings. The van der Waals surface area contributed by atoms with Gasteiger partial charge < -0.3 is 19.8 Å². The molecule has 2 N–H and O–H groups in total. The van der Waals surface area contributed by atoms with E-state index in [1.807, 2.05) is 25.1 Å². The summed E-state index contributed by atoms with van der Waals surface area (Å²) in [6, 6.07) is 17.2. The Bertz CT molecular complexity index is 1320. The smallest absolute Gasteiger partial charge is 0.291 e. The Morgan fingerprint density at radius 3 is 2.56 bits per heavy atom. The molecule has 0 aliphatic carbocycles. The van der Waals surface area contributed by atoms with Crippen molar-refractivity contribution in [3.63, 3.8) is 0 Å². The number of aryl methyl sites for hydroxylation is 1. The molecule has 0 saturated heterocycles. The van der Waals surface area contributed by atoms with E-state index < -0.39 is 11.8 Å². The molecule has 2 aromatic carbocycles. The average molecular weight is 499 g/mol. The van der Waals surface area contributed by atoms with Crippen molar-refractivity contribution in [2.45, 2.75) is 20.1 Å². The van der Waals surface area contributed by atoms with E-state index in [-0.39, 0.29) is 23.7 Å². The number of halogens is 2. The number of carbonyl (C=O) groups is 2. The first kappa shape index (κ1) is 23.4. The summed E-state index contributed by atoms with van der Waals surface area (Å²) in [5, 5.41) is 10.4. The van der Waals surface area contributed by atoms with Crippen molar-refractivity contribution in [1.82, 2.24) is 9.78 Å². The molecule has 4 rings (SSSR count). The van der Waals surface area contributed by atoms with E-state index in [0.717, 1.165) is 0 Å². The van der Waals surface area contributed by atoms with Crippen LogP contribution in [0.2, 0.25) is 10.0 Å². The second-order valence-corrected chi connectivity index (χ2v) is 7.91. The van der Waals surface area contributed by atoms with Gasteiger partial charge in [-0.3, -0.25) is 14.3 Å². The first-order chi connectivity index (χ1) is 16.4. The van der Waals surface area contributed by atoms with Gasteiger partial charge in [-0.25, -0.2) is 0 Å². The summed E-state index contributed by atoms with van der Waals surface area (Å²) in [5.74, 6) is -0.114. The molecule has 0 fully saturated rings. The van der Waals surface area contributed by atoms with E-state index in [1.165, 1.54) is 6.07 Å². The molecule has 0 unspecified atom stereocenters. The predicted octanol–water partition coefficient (Wildman–Crippen LogP) is 5.89. The van der Waals surface area contributed by atoms with Crippen LogP contribution in [0.15, 0.2) is 71.3 Å². The third-order valence-electron chi connectivity index (χ3n) is 4.75. The van der Waals surface area contributed by atoms with E-state index >= 15 is 0 Å². The lowest BCUT2D eigenvalue weighted by Crippen LogP contribution is -2.17. The molecule has 2 amide bonds. The second kappa shape index (κ2) is 10.5. The van der Waals surface area contributed by atoms with Gasteiger partial charge in [0.05, 0.1) is 10.7 Å². The molecule has 0 radical (unpaired) electrons. The Balaban J connectivity index is 1.44. The molecule has 0 saturated carbocycles. The Labute approximate surface area is 205 Å². The van der Waals surface area contributed by atoms with E-state index in [0.29, 0.717) is 33.8 Å². The zero-order valence-corrected chi connectivity index (χ0v) is 19.6. The Hall–Kier alpha value is -3.75. The van der Waals surface area contributed by atoms with Crippen molar-refractivity contribution in [2.24, 2.45) is 0 Å². The normalized spacial score (nSPS) is 10.7. The molecule has 10 heteroatoms. The summed E-state index contributed by atoms with van der Waals surface area (Å²) < 4.78 is 12.8. The first-order valence-corrected chi connectivity index (χ1v) is 11.1. The van der Waals surface area contributed by atoms with Crippen molar-refractivity contribution in [3.8, 4) is 5.75 Å². The van der Waals surface area contributed by atoms with Crippen LogP contribution in [0, 0.1) is 0 Å². The standard InChI is InChI=1S/C24H20Cl2N4O4/c1-2-30-13-18(22(29-30)24(32)27-15-7-4-3-5-8-15)28-23(31)20-12-11-16(34-20)14-33-19-10-6-9-17(25)21(19)26/h3-13H,2,14H2,1H3,(H,27,32)(H,28,31). The fraction of sp³-hybridized carbons (Fsp3) is 0.125. The van der Waals surface area contributed by atoms with Gasteiger partial charge in [0, 0.05) is 18.4 Å². The molecule has 174 valence electrons. The number of benzene rings is 2. The highest BCUT2D eigenvalue weighted by Crippen LogP contribution is 2.32. The summed E-state index contributed by atoms with van der Waals surface area (Å²) in [6.07, 6.45) is 1.59. The second-order valence-electron chi connectivity index (χ2n) is 7.13. The number of carbonyl (C=O) groups excluding carboxylic acids is 2. The van der Waals surface area contributed by atoms with Crippen LogP contribution < -0.4 is 15.4 Å². The Kier molecular flexibility index (Phi) is 7.20. The van der Waals surface area contributed by atoms with E-state index in [2.05, 4.69) is 15.7 Å². The fourth-order valence-electron chi connectivity index (χ4n) is 3.06. The van der Waals surface area contributed by atoms with Gasteiger partial charge in [0.2, 0.25) is 0 Å². The van der Waals surface area contributed by atoms with Crippen LogP contribution in [-0.2, 0) is 13.2 Å². The number of ether oxygens (including phenoxy) is 1. The molecule has 0 spiro atoms. The van der Waals surface area contributed by atoms with Crippen LogP contribution in [0.4, 0.5) is 11.4 Å². The summed E-state index contributed by atoms with van der Waals surface area (Å²) in [6.45, 7) is 2.45. The first-order valence-electron chi connectivity index (χ1n) is 10.4. The van der Waals surface area contributed by atoms with Crippen LogP contribution in [-0.4, -0.2) is 21.6 Å². The molecular formula is C24H20Cl2N4O4. The third-order valence-corrected chi connectivity index (χ3v) is 5.55. The van der Waals surface area contributed by atoms with E-state index in [4.69, 9.17) is 32.4 Å². The van der Waals surface area contributed by atoms with Gasteiger partial charge >= 0.3 is 0 Å². The van der Waals surface area contributed by atoms with Crippen molar-refractivity contribution >= 4 is 46.4 Å². The van der Waals surface area contributed by atoms with Crippen LogP contribution in [0.1, 0.15) is 33.7 Å². The molecule has 0 aliphatic heterocycles. The lowest BCUT2D eigenvalue weighted by molar-refractivity contribution is 0.0992. The van der Waals surface area contributed by atoms with Gasteiger partial charge in [-0.1, -0.05) is 47.5 Å². The molecule has 8 nitrogen and oxygen atoms in total. The SMILES string of the molecule is CCn1cc(NC(=O)c2ccc(COc3cccc(Cl)c3Cl)o2)c(C(=O)Nc2ccccc2)n1. The minimum Gasteiger partial charge on any atom is -0.484 e. The number of amides is 2. The highest BCUT2D eigenvalue weighted by Gasteiger charge is 2.21. The van der Waals surface area contributed by atoms with Gasteiger partial charge in [-0.05, 0) is 43.3 Å². The number of anilines is 2. The number of hydrogen-bond acceptors (Lipinski definition) is 5. The molecule has 2 heterocycles. The van der Waals surface area contributed by atoms with Gasteiger partial charge in [0.25, 0.3) is 11.8 Å². The molecule has 34 heavy (non-hydrogen) atoms. The highest BCUT2D eigenvalue weighted by atomic mass is 35.5. The number of hydrogen-bond donors (Lipinski definition) is 2. The maximum absolute atomic E-state index is 12.8. The minimum absolute atomic E-state index is 0.0475. The number of aromatic nitrogens is 2. The van der Waals surface area contributed by atoms with Crippen molar-refractivity contribution in [1.29, 1.82) is 0 Å². The van der Waals surface area contributed by atoms with Gasteiger partial charge in [-0.2, -0.15) is 5.10 Å². The number of rotatable bonds is 8. The number of nitrogens with one attached hydrogen (secondary N) is 2. The highest BCUT2D eigenvalue weighted by molar-refractivity contribution is 6.42. The van der Waals surface area contributed by atoms with Crippen molar-refractivity contribution in [3.05, 3.63) is 94.1 Å². The van der Waals surface area contributed by atoms with Crippen LogP contribution in [0.3, 0.4) is 0 Å². The topological polar surface area (TPSA) is 98.4 Å². The number of nitrogens with zero attached hydrogens (tertiary/aromatic N) is 2. The summed E-state index contributed by atoms with van der Waals surface area (Å²) in [7, 11) is 0. The fourth-order valence-corrected chi connectivity index (χ4v) is 3.41. The maximum atomic E-state index is 12.8. The average Bonchev–Trinajstić information content (AvgIpc) is 3.48. The quantitative estimate of drug-likeness (QED) is 0.315. The van der Waals surface area contributed by atoms with Gasteiger partial charge in [-0.15, -0.1) is 0 Å². The molecule has 2 aromatic heterocycles. The molecular weight excluding hydrogens is 479 g/mol. The monoisotopic (exact) mass is 498 g/mol. The van der Waals surface area contributed by atoms with Crippen LogP contribution >= 0.6 is 23.2 Å². The van der Waals surface area contributed by atoms with Crippen LogP contribution in [0.25, 0.3) is 0 Å². The number of para-hydroxylation sites is 1. The Morgan fingerprint density at radius 1 is 1.00 bits per heavy atom. The van der Waals surface area contributed by atoms with E-state index in [1.54, 1.807) is 47.3 Å². The van der Waals surface area contributed by atoms with Gasteiger partial charge in [0.15, 0.2) is 11.5 Å². The van der Waals surface area contributed by atoms with Crippen molar-refractivity contribution in [2.75, 3.05) is 10.6 Å². The molecule has 4 aromatic rings. The zero-order chi connectivity index (χ0) is 24.1. The third kappa shape index (κ3) is 5.41.